The summed E-state index contributed by atoms with van der Waals surface area (Å²) in [5.41, 5.74) is 2.29. The second-order valence-corrected chi connectivity index (χ2v) is 3.70. The van der Waals surface area contributed by atoms with Crippen LogP contribution in [0, 0.1) is 0 Å². The molecule has 0 saturated heterocycles. The predicted molar refractivity (Wildman–Crippen MR) is 60.4 cm³/mol. The summed E-state index contributed by atoms with van der Waals surface area (Å²) in [6.07, 6.45) is 3.96. The summed E-state index contributed by atoms with van der Waals surface area (Å²) >= 11 is 0. The molecule has 0 aliphatic rings. The zero-order chi connectivity index (χ0) is 10.3. The van der Waals surface area contributed by atoms with Crippen molar-refractivity contribution in [2.75, 3.05) is 0 Å². The molecule has 72 valence electrons. The lowest BCUT2D eigenvalue weighted by molar-refractivity contribution is -0.643. The van der Waals surface area contributed by atoms with E-state index in [-0.39, 0.29) is 0 Å². The van der Waals surface area contributed by atoms with E-state index in [4.69, 9.17) is 0 Å². The topological polar surface area (TPSA) is 16.8 Å². The summed E-state index contributed by atoms with van der Waals surface area (Å²) < 4.78 is 2.14. The van der Waals surface area contributed by atoms with Crippen LogP contribution < -0.4 is 4.57 Å². The van der Waals surface area contributed by atoms with Crippen LogP contribution in [-0.2, 0) is 7.05 Å². The van der Waals surface area contributed by atoms with E-state index in [1.165, 1.54) is 16.3 Å². The fourth-order valence-corrected chi connectivity index (χ4v) is 2.01. The van der Waals surface area contributed by atoms with Gasteiger partial charge < -0.3 is 0 Å². The Kier molecular flexibility index (Phi) is 1.68. The molecule has 1 aromatic carbocycles. The molecule has 0 atom stereocenters. The molecule has 0 N–H and O–H groups in total. The van der Waals surface area contributed by atoms with Gasteiger partial charge in [-0.1, -0.05) is 12.1 Å². The van der Waals surface area contributed by atoms with Crippen LogP contribution in [-0.4, -0.2) is 4.98 Å². The van der Waals surface area contributed by atoms with Crippen LogP contribution in [0.2, 0.25) is 0 Å². The minimum Gasteiger partial charge on any atom is -0.255 e. The molecule has 0 spiro atoms. The van der Waals surface area contributed by atoms with Crippen molar-refractivity contribution in [3.05, 3.63) is 48.8 Å². The van der Waals surface area contributed by atoms with E-state index < -0.39 is 0 Å². The lowest BCUT2D eigenvalue weighted by Gasteiger charge is -2.00. The van der Waals surface area contributed by atoms with Gasteiger partial charge in [-0.15, -0.1) is 0 Å². The maximum absolute atomic E-state index is 4.44. The Balaban J connectivity index is 2.64. The van der Waals surface area contributed by atoms with Gasteiger partial charge in [0.25, 0.3) is 0 Å². The highest BCUT2D eigenvalue weighted by Crippen LogP contribution is 2.19. The molecule has 2 heteroatoms. The number of hydrogen-bond donors (Lipinski definition) is 0. The first-order valence-electron chi connectivity index (χ1n) is 4.98. The molecule has 2 aromatic heterocycles. The summed E-state index contributed by atoms with van der Waals surface area (Å²) in [6, 6.07) is 12.4. The normalized spacial score (nSPS) is 11.0. The minimum absolute atomic E-state index is 1.08. The van der Waals surface area contributed by atoms with Crippen molar-refractivity contribution in [3.8, 4) is 0 Å². The summed E-state index contributed by atoms with van der Waals surface area (Å²) in [5.74, 6) is 0. The molecule has 0 aliphatic carbocycles. The van der Waals surface area contributed by atoms with Gasteiger partial charge in [0.1, 0.15) is 7.05 Å². The van der Waals surface area contributed by atoms with Crippen molar-refractivity contribution < 1.29 is 4.57 Å². The third-order valence-electron chi connectivity index (χ3n) is 2.71. The molecule has 0 saturated carbocycles. The Bertz CT molecular complexity index is 644. The number of benzene rings is 1. The monoisotopic (exact) mass is 195 g/mol. The van der Waals surface area contributed by atoms with Gasteiger partial charge in [0.15, 0.2) is 6.20 Å². The molecular formula is C13H11N2+. The lowest BCUT2D eigenvalue weighted by atomic mass is 10.1. The van der Waals surface area contributed by atoms with Gasteiger partial charge in [-0.25, -0.2) is 4.57 Å². The van der Waals surface area contributed by atoms with E-state index in [9.17, 15) is 0 Å². The molecule has 0 bridgehead atoms. The van der Waals surface area contributed by atoms with Crippen molar-refractivity contribution in [2.24, 2.45) is 7.05 Å². The van der Waals surface area contributed by atoms with Crippen LogP contribution in [0.4, 0.5) is 0 Å². The number of aromatic nitrogens is 2. The van der Waals surface area contributed by atoms with E-state index in [2.05, 4.69) is 53.1 Å². The molecule has 2 heterocycles. The van der Waals surface area contributed by atoms with Crippen LogP contribution in [0.5, 0.6) is 0 Å². The SMILES string of the molecule is C[n+]1cc2cccnc2c2ccccc21. The highest BCUT2D eigenvalue weighted by atomic mass is 14.9. The Labute approximate surface area is 87.8 Å². The smallest absolute Gasteiger partial charge is 0.214 e. The van der Waals surface area contributed by atoms with Gasteiger partial charge in [-0.3, -0.25) is 4.98 Å². The Morgan fingerprint density at radius 2 is 1.93 bits per heavy atom. The van der Waals surface area contributed by atoms with E-state index in [1.54, 1.807) is 0 Å². The van der Waals surface area contributed by atoms with Gasteiger partial charge in [-0.05, 0) is 18.2 Å². The van der Waals surface area contributed by atoms with Crippen molar-refractivity contribution >= 4 is 21.8 Å². The second kappa shape index (κ2) is 3.02. The number of nitrogens with zero attached hydrogens (tertiary/aromatic N) is 2. The average molecular weight is 195 g/mol. The van der Waals surface area contributed by atoms with Crippen LogP contribution in [0.3, 0.4) is 0 Å². The maximum Gasteiger partial charge on any atom is 0.214 e. The van der Waals surface area contributed by atoms with Crippen molar-refractivity contribution in [2.45, 2.75) is 0 Å². The van der Waals surface area contributed by atoms with Gasteiger partial charge in [-0.2, -0.15) is 0 Å². The zero-order valence-corrected chi connectivity index (χ0v) is 8.51. The van der Waals surface area contributed by atoms with E-state index in [1.807, 2.05) is 12.3 Å². The van der Waals surface area contributed by atoms with Crippen LogP contribution in [0.1, 0.15) is 0 Å². The second-order valence-electron chi connectivity index (χ2n) is 3.70. The minimum atomic E-state index is 1.08. The highest BCUT2D eigenvalue weighted by Gasteiger charge is 2.09. The summed E-state index contributed by atoms with van der Waals surface area (Å²) in [4.78, 5) is 4.44. The van der Waals surface area contributed by atoms with E-state index in [0.29, 0.717) is 0 Å². The number of rotatable bonds is 0. The Morgan fingerprint density at radius 3 is 2.87 bits per heavy atom. The first-order valence-corrected chi connectivity index (χ1v) is 4.98. The molecule has 3 aromatic rings. The fourth-order valence-electron chi connectivity index (χ4n) is 2.01. The van der Waals surface area contributed by atoms with Crippen molar-refractivity contribution in [1.82, 2.24) is 4.98 Å². The van der Waals surface area contributed by atoms with Gasteiger partial charge in [0.05, 0.1) is 16.3 Å². The molecule has 0 aliphatic heterocycles. The molecule has 3 rings (SSSR count). The average Bonchev–Trinajstić information content (AvgIpc) is 2.30. The molecular weight excluding hydrogens is 184 g/mol. The van der Waals surface area contributed by atoms with Crippen LogP contribution >= 0.6 is 0 Å². The lowest BCUT2D eigenvalue weighted by Crippen LogP contribution is -2.28. The van der Waals surface area contributed by atoms with E-state index >= 15 is 0 Å². The summed E-state index contributed by atoms with van der Waals surface area (Å²) in [5, 5.41) is 2.39. The van der Waals surface area contributed by atoms with E-state index in [0.717, 1.165) is 5.52 Å². The standard InChI is InChI=1S/C13H11N2/c1-15-9-10-5-4-8-14-13(10)11-6-2-3-7-12(11)15/h2-9H,1H3/q+1. The third kappa shape index (κ3) is 1.18. The maximum atomic E-state index is 4.44. The summed E-state index contributed by atoms with van der Waals surface area (Å²) in [7, 11) is 2.06. The fraction of sp³-hybridized carbons (Fsp3) is 0.0769. The number of para-hydroxylation sites is 1. The van der Waals surface area contributed by atoms with Gasteiger partial charge >= 0.3 is 0 Å². The first-order chi connectivity index (χ1) is 7.36. The first kappa shape index (κ1) is 8.36. The molecule has 0 unspecified atom stereocenters. The van der Waals surface area contributed by atoms with Crippen molar-refractivity contribution in [1.29, 1.82) is 0 Å². The molecule has 2 nitrogen and oxygen atoms in total. The number of aryl methyl sites for hydroxylation is 1. The Hall–Kier alpha value is -1.96. The zero-order valence-electron chi connectivity index (χ0n) is 8.51. The molecule has 15 heavy (non-hydrogen) atoms. The van der Waals surface area contributed by atoms with Crippen LogP contribution in [0.15, 0.2) is 48.8 Å². The quantitative estimate of drug-likeness (QED) is 0.397. The van der Waals surface area contributed by atoms with Gasteiger partial charge in [0.2, 0.25) is 5.52 Å². The van der Waals surface area contributed by atoms with Crippen LogP contribution in [0.25, 0.3) is 21.8 Å². The van der Waals surface area contributed by atoms with Gasteiger partial charge in [0, 0.05) is 12.3 Å². The predicted octanol–water partition coefficient (Wildman–Crippen LogP) is 2.21. The largest absolute Gasteiger partial charge is 0.255 e. The number of hydrogen-bond acceptors (Lipinski definition) is 1. The molecule has 0 fully saturated rings. The molecule has 0 radical (unpaired) electrons. The highest BCUT2D eigenvalue weighted by molar-refractivity contribution is 6.00. The molecule has 0 amide bonds. The number of pyridine rings is 2. The number of fused-ring (bicyclic) bond motifs is 3. The summed E-state index contributed by atoms with van der Waals surface area (Å²) in [6.45, 7) is 0. The third-order valence-corrected chi connectivity index (χ3v) is 2.71. The Morgan fingerprint density at radius 1 is 1.07 bits per heavy atom. The van der Waals surface area contributed by atoms with Crippen molar-refractivity contribution in [3.63, 3.8) is 0 Å².